The molecule has 31 heavy (non-hydrogen) atoms. The summed E-state index contributed by atoms with van der Waals surface area (Å²) in [6.07, 6.45) is 8.58. The van der Waals surface area contributed by atoms with Gasteiger partial charge in [0.1, 0.15) is 5.01 Å². The van der Waals surface area contributed by atoms with Gasteiger partial charge in [0, 0.05) is 17.5 Å². The lowest BCUT2D eigenvalue weighted by molar-refractivity contribution is -0.123. The summed E-state index contributed by atoms with van der Waals surface area (Å²) in [5.74, 6) is -0.506. The summed E-state index contributed by atoms with van der Waals surface area (Å²) in [6, 6.07) is 9.17. The van der Waals surface area contributed by atoms with Gasteiger partial charge in [-0.2, -0.15) is 0 Å². The van der Waals surface area contributed by atoms with Crippen molar-refractivity contribution in [3.63, 3.8) is 0 Å². The van der Waals surface area contributed by atoms with Crippen LogP contribution >= 0.6 is 11.3 Å². The van der Waals surface area contributed by atoms with E-state index < -0.39 is 6.04 Å². The molecule has 1 aliphatic rings. The van der Waals surface area contributed by atoms with Gasteiger partial charge in [0.25, 0.3) is 0 Å². The highest BCUT2D eigenvalue weighted by molar-refractivity contribution is 7.15. The summed E-state index contributed by atoms with van der Waals surface area (Å²) in [7, 11) is 0. The minimum Gasteiger partial charge on any atom is -0.349 e. The Morgan fingerprint density at radius 3 is 2.65 bits per heavy atom. The van der Waals surface area contributed by atoms with Crippen LogP contribution in [-0.4, -0.2) is 34.1 Å². The first kappa shape index (κ1) is 23.1. The number of hydrogen-bond acceptors (Lipinski definition) is 6. The van der Waals surface area contributed by atoms with Gasteiger partial charge in [-0.3, -0.25) is 14.9 Å². The van der Waals surface area contributed by atoms with E-state index in [0.717, 1.165) is 24.3 Å². The molecule has 0 saturated heterocycles. The van der Waals surface area contributed by atoms with Crippen molar-refractivity contribution in [3.8, 4) is 0 Å². The Morgan fingerprint density at radius 2 is 2.00 bits per heavy atom. The van der Waals surface area contributed by atoms with Crippen LogP contribution < -0.4 is 16.4 Å². The predicted molar refractivity (Wildman–Crippen MR) is 124 cm³/mol. The first-order valence-corrected chi connectivity index (χ1v) is 11.6. The molecule has 0 unspecified atom stereocenters. The van der Waals surface area contributed by atoms with Crippen molar-refractivity contribution in [1.29, 1.82) is 0 Å². The molecule has 1 fully saturated rings. The molecule has 0 aliphatic heterocycles. The molecule has 2 amide bonds. The molecule has 3 rings (SSSR count). The van der Waals surface area contributed by atoms with E-state index in [1.54, 1.807) is 6.08 Å². The largest absolute Gasteiger partial charge is 0.349 e. The van der Waals surface area contributed by atoms with Gasteiger partial charge < -0.3 is 11.1 Å². The van der Waals surface area contributed by atoms with Gasteiger partial charge in [0.05, 0.1) is 6.04 Å². The normalized spacial score (nSPS) is 17.0. The molecular formula is C23H31N5O2S. The third-order valence-electron chi connectivity index (χ3n) is 5.80. The molecule has 166 valence electrons. The van der Waals surface area contributed by atoms with Gasteiger partial charge in [-0.05, 0) is 37.7 Å². The number of nitrogens with zero attached hydrogens (tertiary/aromatic N) is 2. The zero-order chi connectivity index (χ0) is 22.3. The summed E-state index contributed by atoms with van der Waals surface area (Å²) < 4.78 is 0. The Morgan fingerprint density at radius 1 is 1.26 bits per heavy atom. The van der Waals surface area contributed by atoms with Crippen LogP contribution in [0.5, 0.6) is 0 Å². The second kappa shape index (κ2) is 10.6. The number of rotatable bonds is 10. The highest BCUT2D eigenvalue weighted by Crippen LogP contribution is 2.44. The maximum absolute atomic E-state index is 12.4. The van der Waals surface area contributed by atoms with Gasteiger partial charge in [-0.1, -0.05) is 68.0 Å². The van der Waals surface area contributed by atoms with E-state index in [4.69, 9.17) is 5.73 Å². The summed E-state index contributed by atoms with van der Waals surface area (Å²) in [4.78, 5) is 24.7. The average Bonchev–Trinajstić information content (AvgIpc) is 3.22. The van der Waals surface area contributed by atoms with Crippen LogP contribution in [0.15, 0.2) is 42.5 Å². The fraction of sp³-hybridized carbons (Fsp3) is 0.478. The van der Waals surface area contributed by atoms with Gasteiger partial charge in [-0.15, -0.1) is 10.2 Å². The van der Waals surface area contributed by atoms with Gasteiger partial charge in [0.2, 0.25) is 16.9 Å². The monoisotopic (exact) mass is 441 g/mol. The number of nitrogens with two attached hydrogens (primary N) is 1. The minimum atomic E-state index is -0.561. The smallest absolute Gasteiger partial charge is 0.249 e. The zero-order valence-corrected chi connectivity index (χ0v) is 19.0. The van der Waals surface area contributed by atoms with E-state index in [-0.39, 0.29) is 23.3 Å². The third-order valence-corrected chi connectivity index (χ3v) is 6.94. The highest BCUT2D eigenvalue weighted by atomic mass is 32.1. The minimum absolute atomic E-state index is 0.0986. The fourth-order valence-electron chi connectivity index (χ4n) is 3.45. The lowest BCUT2D eigenvalue weighted by Crippen LogP contribution is -2.44. The van der Waals surface area contributed by atoms with E-state index in [9.17, 15) is 9.59 Å². The summed E-state index contributed by atoms with van der Waals surface area (Å²) in [5.41, 5.74) is 7.12. The van der Waals surface area contributed by atoms with Crippen molar-refractivity contribution >= 4 is 28.3 Å². The number of nitrogens with one attached hydrogen (secondary N) is 2. The molecule has 0 spiro atoms. The van der Waals surface area contributed by atoms with E-state index in [2.05, 4.69) is 27.8 Å². The zero-order valence-electron chi connectivity index (χ0n) is 18.1. The third kappa shape index (κ3) is 6.45. The van der Waals surface area contributed by atoms with Gasteiger partial charge >= 0.3 is 0 Å². The molecule has 1 heterocycles. The standard InChI is InChI=1S/C23H31N5O2S/c1-3-18(24)20(30)25-17(11-10-16-8-5-4-6-9-16)12-13-19(29)26-22-28-27-21(31-22)23(2)14-7-15-23/h4-6,8-9,12-13,17-18H,3,7,10-11,14-15,24H2,1-2H3,(H,25,30)(H,26,28,29)/b13-12+/t17-,18-/m0/s1. The van der Waals surface area contributed by atoms with Crippen LogP contribution in [0, 0.1) is 0 Å². The number of aryl methyl sites for hydroxylation is 1. The summed E-state index contributed by atoms with van der Waals surface area (Å²) in [6.45, 7) is 4.05. The number of benzene rings is 1. The molecule has 7 nitrogen and oxygen atoms in total. The Bertz CT molecular complexity index is 908. The molecule has 1 aromatic carbocycles. The Balaban J connectivity index is 1.59. The lowest BCUT2D eigenvalue weighted by Gasteiger charge is -2.35. The van der Waals surface area contributed by atoms with Crippen LogP contribution in [0.2, 0.25) is 0 Å². The van der Waals surface area contributed by atoms with Gasteiger partial charge in [-0.25, -0.2) is 0 Å². The number of amides is 2. The quantitative estimate of drug-likeness (QED) is 0.490. The lowest BCUT2D eigenvalue weighted by atomic mass is 9.71. The molecule has 0 bridgehead atoms. The molecule has 1 saturated carbocycles. The topological polar surface area (TPSA) is 110 Å². The molecule has 0 radical (unpaired) electrons. The molecule has 2 aromatic rings. The van der Waals surface area contributed by atoms with E-state index in [1.807, 2.05) is 37.3 Å². The van der Waals surface area contributed by atoms with Gasteiger partial charge in [0.15, 0.2) is 0 Å². The van der Waals surface area contributed by atoms with Crippen molar-refractivity contribution in [2.24, 2.45) is 5.73 Å². The number of carbonyl (C=O) groups excluding carboxylic acids is 2. The van der Waals surface area contributed by atoms with Crippen LogP contribution in [0.25, 0.3) is 0 Å². The van der Waals surface area contributed by atoms with Crippen LogP contribution in [0.3, 0.4) is 0 Å². The first-order chi connectivity index (χ1) is 14.9. The SMILES string of the molecule is CC[C@H](N)C(=O)N[C@H](/C=C/C(=O)Nc1nnc(C2(C)CCC2)s1)CCc1ccccc1. The Kier molecular flexibility index (Phi) is 7.92. The molecule has 8 heteroatoms. The van der Waals surface area contributed by atoms with Crippen LogP contribution in [-0.2, 0) is 21.4 Å². The maximum atomic E-state index is 12.4. The van der Waals surface area contributed by atoms with E-state index in [1.165, 1.54) is 29.4 Å². The van der Waals surface area contributed by atoms with Crippen molar-refractivity contribution in [2.75, 3.05) is 5.32 Å². The molecular weight excluding hydrogens is 410 g/mol. The Hall–Kier alpha value is -2.58. The second-order valence-corrected chi connectivity index (χ2v) is 9.31. The second-order valence-electron chi connectivity index (χ2n) is 8.33. The van der Waals surface area contributed by atoms with E-state index >= 15 is 0 Å². The van der Waals surface area contributed by atoms with Crippen LogP contribution in [0.4, 0.5) is 5.13 Å². The van der Waals surface area contributed by atoms with Crippen LogP contribution in [0.1, 0.15) is 56.5 Å². The summed E-state index contributed by atoms with van der Waals surface area (Å²) in [5, 5.41) is 15.5. The number of aromatic nitrogens is 2. The highest BCUT2D eigenvalue weighted by Gasteiger charge is 2.37. The van der Waals surface area contributed by atoms with Crippen molar-refractivity contribution < 1.29 is 9.59 Å². The molecule has 4 N–H and O–H groups in total. The van der Waals surface area contributed by atoms with Crippen molar-refractivity contribution in [2.45, 2.75) is 69.9 Å². The first-order valence-electron chi connectivity index (χ1n) is 10.8. The average molecular weight is 442 g/mol. The molecule has 2 atom stereocenters. The van der Waals surface area contributed by atoms with Crippen molar-refractivity contribution in [1.82, 2.24) is 15.5 Å². The maximum Gasteiger partial charge on any atom is 0.249 e. The summed E-state index contributed by atoms with van der Waals surface area (Å²) >= 11 is 1.43. The van der Waals surface area contributed by atoms with E-state index in [0.29, 0.717) is 18.0 Å². The predicted octanol–water partition coefficient (Wildman–Crippen LogP) is 3.33. The Labute approximate surface area is 187 Å². The molecule has 1 aromatic heterocycles. The number of carbonyl (C=O) groups is 2. The number of hydrogen-bond donors (Lipinski definition) is 3. The fourth-order valence-corrected chi connectivity index (χ4v) is 4.40. The van der Waals surface area contributed by atoms with Crippen molar-refractivity contribution in [3.05, 3.63) is 53.1 Å². The number of anilines is 1. The molecule has 1 aliphatic carbocycles.